The molecule has 0 amide bonds. The Morgan fingerprint density at radius 2 is 1.79 bits per heavy atom. The van der Waals surface area contributed by atoms with Gasteiger partial charge in [-0.05, 0) is 37.8 Å². The van der Waals surface area contributed by atoms with Gasteiger partial charge in [-0.25, -0.2) is 0 Å². The summed E-state index contributed by atoms with van der Waals surface area (Å²) < 4.78 is 11.6. The molecule has 7 nitrogen and oxygen atoms in total. The van der Waals surface area contributed by atoms with Crippen molar-refractivity contribution >= 4 is 11.8 Å². The molecule has 2 heterocycles. The van der Waals surface area contributed by atoms with Crippen molar-refractivity contribution in [3.05, 3.63) is 23.3 Å². The molecule has 2 aliphatic rings. The predicted octanol–water partition coefficient (Wildman–Crippen LogP) is 3.99. The highest BCUT2D eigenvalue weighted by atomic mass is 16.6. The average molecular weight is 481 g/mol. The van der Waals surface area contributed by atoms with E-state index in [1.165, 1.54) is 0 Å². The number of allylic oxidation sites excluding steroid dienone is 1. The third-order valence-electron chi connectivity index (χ3n) is 7.14. The number of ether oxygens (including phenoxy) is 2. The quantitative estimate of drug-likeness (QED) is 0.317. The summed E-state index contributed by atoms with van der Waals surface area (Å²) in [4.78, 5) is 26.1. The van der Waals surface area contributed by atoms with Gasteiger partial charge in [0.15, 0.2) is 5.79 Å². The van der Waals surface area contributed by atoms with Gasteiger partial charge in [-0.1, -0.05) is 52.7 Å². The van der Waals surface area contributed by atoms with Gasteiger partial charge in [0.1, 0.15) is 11.9 Å². The molecular weight excluding hydrogens is 436 g/mol. The molecule has 2 rings (SSSR count). The summed E-state index contributed by atoms with van der Waals surface area (Å²) in [5.41, 5.74) is 0.320. The van der Waals surface area contributed by atoms with E-state index < -0.39 is 47.5 Å². The molecule has 1 fully saturated rings. The number of hydrogen-bond acceptors (Lipinski definition) is 7. The second-order valence-corrected chi connectivity index (χ2v) is 10.8. The van der Waals surface area contributed by atoms with E-state index in [9.17, 15) is 24.9 Å². The minimum atomic E-state index is -1.84. The van der Waals surface area contributed by atoms with E-state index in [1.54, 1.807) is 40.7 Å². The van der Waals surface area contributed by atoms with E-state index in [2.05, 4.69) is 6.92 Å². The van der Waals surface area contributed by atoms with Crippen LogP contribution in [0.3, 0.4) is 0 Å². The second kappa shape index (κ2) is 11.9. The smallest absolute Gasteiger partial charge is 0.311 e. The number of Topliss-reactive ketones (excluding diaryl/α,β-unsaturated/α-hetero) is 1. The van der Waals surface area contributed by atoms with Gasteiger partial charge in [0.25, 0.3) is 0 Å². The number of ketones is 1. The molecule has 0 aliphatic carbocycles. The molecule has 7 heteroatoms. The van der Waals surface area contributed by atoms with Crippen molar-refractivity contribution in [1.82, 2.24) is 0 Å². The Morgan fingerprint density at radius 1 is 1.12 bits per heavy atom. The highest BCUT2D eigenvalue weighted by Crippen LogP contribution is 2.36. The zero-order valence-electron chi connectivity index (χ0n) is 21.7. The molecule has 0 spiro atoms. The van der Waals surface area contributed by atoms with Gasteiger partial charge < -0.3 is 24.8 Å². The van der Waals surface area contributed by atoms with E-state index in [0.29, 0.717) is 24.0 Å². The molecule has 34 heavy (non-hydrogen) atoms. The minimum absolute atomic E-state index is 0.0842. The highest BCUT2D eigenvalue weighted by Gasteiger charge is 2.43. The number of carbonyl (C=O) groups excluding carboxylic acids is 2. The van der Waals surface area contributed by atoms with Crippen LogP contribution in [0, 0.1) is 11.3 Å². The fourth-order valence-electron chi connectivity index (χ4n) is 5.05. The Hall–Kier alpha value is -1.54. The first kappa shape index (κ1) is 28.7. The average Bonchev–Trinajstić information content (AvgIpc) is 2.74. The van der Waals surface area contributed by atoms with Crippen LogP contribution in [0.5, 0.6) is 0 Å². The standard InChI is InChI=1S/C27H44O7/c1-7-8-9-10-21-12-11-17(2)24(30)26(5,6)25(31)19(4)13-18(3)22-14-20(28)15-27(32,34-22)16-23(29)33-21/h11,13,19-22,24,28,30,32H,7-10,12,14-16H2,1-6H3/b17-11+,18-13+/t19-,20-,21+,22?,24+,27+/m0/s1. The maximum atomic E-state index is 13.3. The molecular formula is C27H44O7. The van der Waals surface area contributed by atoms with Crippen LogP contribution in [0.2, 0.25) is 0 Å². The maximum absolute atomic E-state index is 13.3. The fraction of sp³-hybridized carbons (Fsp3) is 0.778. The van der Waals surface area contributed by atoms with Crippen LogP contribution >= 0.6 is 0 Å². The van der Waals surface area contributed by atoms with Gasteiger partial charge in [-0.15, -0.1) is 0 Å². The van der Waals surface area contributed by atoms with Crippen molar-refractivity contribution in [2.24, 2.45) is 11.3 Å². The molecule has 1 unspecified atom stereocenters. The first-order valence-electron chi connectivity index (χ1n) is 12.6. The molecule has 0 saturated carbocycles. The molecule has 0 aromatic rings. The van der Waals surface area contributed by atoms with Crippen molar-refractivity contribution in [1.29, 1.82) is 0 Å². The van der Waals surface area contributed by atoms with E-state index >= 15 is 0 Å². The van der Waals surface area contributed by atoms with Crippen LogP contribution in [-0.2, 0) is 19.1 Å². The van der Waals surface area contributed by atoms with Crippen LogP contribution in [0.1, 0.15) is 92.9 Å². The van der Waals surface area contributed by atoms with E-state index in [4.69, 9.17) is 9.47 Å². The van der Waals surface area contributed by atoms with E-state index in [0.717, 1.165) is 19.3 Å². The van der Waals surface area contributed by atoms with Crippen molar-refractivity contribution < 1.29 is 34.4 Å². The van der Waals surface area contributed by atoms with Crippen LogP contribution in [0.25, 0.3) is 0 Å². The van der Waals surface area contributed by atoms with Crippen LogP contribution in [0.4, 0.5) is 0 Å². The Morgan fingerprint density at radius 3 is 2.44 bits per heavy atom. The Kier molecular flexibility index (Phi) is 10.1. The number of esters is 1. The van der Waals surface area contributed by atoms with Gasteiger partial charge in [-0.2, -0.15) is 0 Å². The fourth-order valence-corrected chi connectivity index (χ4v) is 5.05. The summed E-state index contributed by atoms with van der Waals surface area (Å²) in [6, 6.07) is 0. The molecule has 1 saturated heterocycles. The van der Waals surface area contributed by atoms with Gasteiger partial charge in [0.2, 0.25) is 0 Å². The molecule has 2 bridgehead atoms. The molecule has 6 atom stereocenters. The van der Waals surface area contributed by atoms with Crippen molar-refractivity contribution in [2.75, 3.05) is 0 Å². The highest BCUT2D eigenvalue weighted by molar-refractivity contribution is 5.88. The zero-order chi connectivity index (χ0) is 25.7. The monoisotopic (exact) mass is 480 g/mol. The number of cyclic esters (lactones) is 1. The van der Waals surface area contributed by atoms with Crippen LogP contribution in [0.15, 0.2) is 23.3 Å². The number of aliphatic hydroxyl groups is 3. The normalized spacial score (nSPS) is 38.9. The van der Waals surface area contributed by atoms with Crippen LogP contribution < -0.4 is 0 Å². The van der Waals surface area contributed by atoms with Gasteiger partial charge >= 0.3 is 5.97 Å². The Labute approximate surface area is 204 Å². The lowest BCUT2D eigenvalue weighted by atomic mass is 9.74. The Balaban J connectivity index is 2.43. The van der Waals surface area contributed by atoms with Gasteiger partial charge in [-0.3, -0.25) is 9.59 Å². The topological polar surface area (TPSA) is 113 Å². The number of aliphatic hydroxyl groups excluding tert-OH is 2. The zero-order valence-corrected chi connectivity index (χ0v) is 21.7. The largest absolute Gasteiger partial charge is 0.462 e. The molecule has 2 aliphatic heterocycles. The summed E-state index contributed by atoms with van der Waals surface area (Å²) in [6.07, 6.45) is 4.49. The molecule has 194 valence electrons. The lowest BCUT2D eigenvalue weighted by Crippen LogP contribution is -2.48. The minimum Gasteiger partial charge on any atom is -0.462 e. The van der Waals surface area contributed by atoms with Gasteiger partial charge in [0, 0.05) is 25.2 Å². The van der Waals surface area contributed by atoms with Crippen molar-refractivity contribution in [2.45, 2.75) is 123 Å². The number of fused-ring (bicyclic) bond motifs is 2. The van der Waals surface area contributed by atoms with E-state index in [-0.39, 0.29) is 25.0 Å². The third kappa shape index (κ3) is 7.48. The molecule has 0 aromatic heterocycles. The van der Waals surface area contributed by atoms with Gasteiger partial charge in [0.05, 0.1) is 30.1 Å². The third-order valence-corrected chi connectivity index (χ3v) is 7.14. The Bertz CT molecular complexity index is 784. The first-order chi connectivity index (χ1) is 15.8. The summed E-state index contributed by atoms with van der Waals surface area (Å²) >= 11 is 0. The molecule has 0 radical (unpaired) electrons. The summed E-state index contributed by atoms with van der Waals surface area (Å²) in [5, 5.41) is 32.5. The van der Waals surface area contributed by atoms with Crippen molar-refractivity contribution in [3.8, 4) is 0 Å². The lowest BCUT2D eigenvalue weighted by molar-refractivity contribution is -0.267. The first-order valence-corrected chi connectivity index (χ1v) is 12.6. The number of hydrogen-bond donors (Lipinski definition) is 3. The second-order valence-electron chi connectivity index (χ2n) is 10.8. The number of carbonyl (C=O) groups is 2. The maximum Gasteiger partial charge on any atom is 0.311 e. The van der Waals surface area contributed by atoms with Crippen LogP contribution in [-0.4, -0.2) is 57.3 Å². The SMILES string of the molecule is CCCCC[C@@H]1C/C=C(\C)[C@@H](O)C(C)(C)C(=O)[C@@H](C)/C=C(\C)C2C[C@H](O)C[C@](O)(CC(=O)O1)O2. The molecule has 3 N–H and O–H groups in total. The lowest BCUT2D eigenvalue weighted by Gasteiger charge is -2.40. The summed E-state index contributed by atoms with van der Waals surface area (Å²) in [6.45, 7) is 10.9. The summed E-state index contributed by atoms with van der Waals surface area (Å²) in [5.74, 6) is -3.04. The number of rotatable bonds is 4. The predicted molar refractivity (Wildman–Crippen MR) is 130 cm³/mol. The number of unbranched alkanes of at least 4 members (excludes halogenated alkanes) is 2. The molecule has 0 aromatic carbocycles. The summed E-state index contributed by atoms with van der Waals surface area (Å²) in [7, 11) is 0. The van der Waals surface area contributed by atoms with Crippen molar-refractivity contribution in [3.63, 3.8) is 0 Å². The van der Waals surface area contributed by atoms with E-state index in [1.807, 2.05) is 6.08 Å².